The summed E-state index contributed by atoms with van der Waals surface area (Å²) >= 11 is 5.89. The highest BCUT2D eigenvalue weighted by Crippen LogP contribution is 2.23. The van der Waals surface area contributed by atoms with Crippen LogP contribution in [0, 0.1) is 0 Å². The molecule has 10 heteroatoms. The first-order valence-corrected chi connectivity index (χ1v) is 7.99. The average Bonchev–Trinajstić information content (AvgIpc) is 3.06. The number of hydrogen-bond donors (Lipinski definition) is 2. The van der Waals surface area contributed by atoms with Crippen LogP contribution >= 0.6 is 11.6 Å². The second kappa shape index (κ2) is 7.49. The lowest BCUT2D eigenvalue weighted by atomic mass is 10.1. The number of hydrogen-bond acceptors (Lipinski definition) is 5. The molecule has 1 atom stereocenters. The standard InChI is InChI=1S/C15H17ClN6O3/c1-21-8-12(17-20-21)14(23)18-19-15(24)22-6-7-25-13(9-22)10-2-4-11(16)5-3-10/h2-5,8,13H,6-7,9H2,1H3,(H,18,23)(H,19,24)/t13-/m0/s1. The maximum atomic E-state index is 12.3. The molecule has 3 rings (SSSR count). The highest BCUT2D eigenvalue weighted by atomic mass is 35.5. The van der Waals surface area contributed by atoms with Crippen molar-refractivity contribution in [3.8, 4) is 0 Å². The molecular weight excluding hydrogens is 348 g/mol. The van der Waals surface area contributed by atoms with Crippen LogP contribution in [-0.2, 0) is 11.8 Å². The quantitative estimate of drug-likeness (QED) is 0.771. The van der Waals surface area contributed by atoms with Crippen LogP contribution < -0.4 is 10.9 Å². The topological polar surface area (TPSA) is 101 Å². The maximum absolute atomic E-state index is 12.3. The predicted molar refractivity (Wildman–Crippen MR) is 88.7 cm³/mol. The third-order valence-corrected chi connectivity index (χ3v) is 3.97. The molecular formula is C15H17ClN6O3. The fourth-order valence-electron chi connectivity index (χ4n) is 2.42. The zero-order valence-electron chi connectivity index (χ0n) is 13.5. The number of aromatic nitrogens is 3. The van der Waals surface area contributed by atoms with Gasteiger partial charge in [-0.05, 0) is 17.7 Å². The second-order valence-corrected chi connectivity index (χ2v) is 5.96. The molecule has 2 heterocycles. The Hall–Kier alpha value is -2.65. The minimum Gasteiger partial charge on any atom is -0.370 e. The van der Waals surface area contributed by atoms with E-state index in [1.807, 2.05) is 12.1 Å². The molecule has 1 fully saturated rings. The van der Waals surface area contributed by atoms with Gasteiger partial charge in [0.05, 0.1) is 19.3 Å². The van der Waals surface area contributed by atoms with Gasteiger partial charge in [-0.2, -0.15) is 0 Å². The van der Waals surface area contributed by atoms with E-state index in [4.69, 9.17) is 16.3 Å². The number of ether oxygens (including phenoxy) is 1. The van der Waals surface area contributed by atoms with Crippen LogP contribution in [0.15, 0.2) is 30.5 Å². The van der Waals surface area contributed by atoms with E-state index in [9.17, 15) is 9.59 Å². The van der Waals surface area contributed by atoms with Gasteiger partial charge < -0.3 is 9.64 Å². The van der Waals surface area contributed by atoms with Gasteiger partial charge in [0.15, 0.2) is 5.69 Å². The van der Waals surface area contributed by atoms with Crippen LogP contribution in [0.2, 0.25) is 5.02 Å². The molecule has 1 aromatic heterocycles. The van der Waals surface area contributed by atoms with E-state index in [1.54, 1.807) is 24.1 Å². The Labute approximate surface area is 148 Å². The highest BCUT2D eigenvalue weighted by molar-refractivity contribution is 6.30. The van der Waals surface area contributed by atoms with Crippen molar-refractivity contribution in [3.05, 3.63) is 46.7 Å². The highest BCUT2D eigenvalue weighted by Gasteiger charge is 2.25. The van der Waals surface area contributed by atoms with E-state index >= 15 is 0 Å². The summed E-state index contributed by atoms with van der Waals surface area (Å²) in [5.41, 5.74) is 5.74. The van der Waals surface area contributed by atoms with Crippen molar-refractivity contribution in [1.29, 1.82) is 0 Å². The molecule has 2 N–H and O–H groups in total. The first kappa shape index (κ1) is 17.2. The first-order valence-electron chi connectivity index (χ1n) is 7.61. The molecule has 1 aromatic carbocycles. The van der Waals surface area contributed by atoms with Gasteiger partial charge in [0, 0.05) is 18.6 Å². The van der Waals surface area contributed by atoms with Crippen LogP contribution in [0.25, 0.3) is 0 Å². The summed E-state index contributed by atoms with van der Waals surface area (Å²) in [6.07, 6.45) is 1.21. The molecule has 0 saturated carbocycles. The Morgan fingerprint density at radius 3 is 2.72 bits per heavy atom. The van der Waals surface area contributed by atoms with Crippen LogP contribution in [0.3, 0.4) is 0 Å². The van der Waals surface area contributed by atoms with Gasteiger partial charge >= 0.3 is 6.03 Å². The Morgan fingerprint density at radius 2 is 2.04 bits per heavy atom. The summed E-state index contributed by atoms with van der Waals surface area (Å²) in [6, 6.07) is 6.87. The van der Waals surface area contributed by atoms with Gasteiger partial charge in [0.2, 0.25) is 0 Å². The molecule has 0 bridgehead atoms. The number of amides is 3. The maximum Gasteiger partial charge on any atom is 0.336 e. The number of rotatable bonds is 2. The predicted octanol–water partition coefficient (Wildman–Crippen LogP) is 0.896. The third kappa shape index (κ3) is 4.25. The number of aryl methyl sites for hydroxylation is 1. The molecule has 0 radical (unpaired) electrons. The Kier molecular flexibility index (Phi) is 5.15. The van der Waals surface area contributed by atoms with E-state index in [1.165, 1.54) is 10.9 Å². The number of morpholine rings is 1. The largest absolute Gasteiger partial charge is 0.370 e. The van der Waals surface area contributed by atoms with Crippen molar-refractivity contribution >= 4 is 23.5 Å². The lowest BCUT2D eigenvalue weighted by molar-refractivity contribution is -0.0158. The van der Waals surface area contributed by atoms with Gasteiger partial charge in [-0.15, -0.1) is 5.10 Å². The lowest BCUT2D eigenvalue weighted by Crippen LogP contribution is -2.52. The van der Waals surface area contributed by atoms with Gasteiger partial charge in [-0.1, -0.05) is 28.9 Å². The molecule has 1 saturated heterocycles. The number of halogens is 1. The summed E-state index contributed by atoms with van der Waals surface area (Å²) < 4.78 is 7.11. The molecule has 2 aromatic rings. The number of nitrogens with zero attached hydrogens (tertiary/aromatic N) is 4. The number of carbonyl (C=O) groups is 2. The van der Waals surface area contributed by atoms with Crippen LogP contribution in [0.5, 0.6) is 0 Å². The van der Waals surface area contributed by atoms with Crippen LogP contribution in [0.4, 0.5) is 4.79 Å². The second-order valence-electron chi connectivity index (χ2n) is 5.52. The van der Waals surface area contributed by atoms with Gasteiger partial charge in [-0.25, -0.2) is 10.2 Å². The zero-order chi connectivity index (χ0) is 17.8. The molecule has 25 heavy (non-hydrogen) atoms. The van der Waals surface area contributed by atoms with E-state index in [0.29, 0.717) is 24.7 Å². The number of carbonyl (C=O) groups excluding carboxylic acids is 2. The minimum absolute atomic E-state index is 0.115. The summed E-state index contributed by atoms with van der Waals surface area (Å²) in [6.45, 7) is 1.20. The molecule has 9 nitrogen and oxygen atoms in total. The molecule has 1 aliphatic heterocycles. The zero-order valence-corrected chi connectivity index (χ0v) is 14.2. The first-order chi connectivity index (χ1) is 12.0. The number of hydrazine groups is 1. The molecule has 0 spiro atoms. The Morgan fingerprint density at radius 1 is 1.28 bits per heavy atom. The van der Waals surface area contributed by atoms with E-state index in [2.05, 4.69) is 21.2 Å². The molecule has 3 amide bonds. The van der Waals surface area contributed by atoms with E-state index < -0.39 is 11.9 Å². The van der Waals surface area contributed by atoms with Gasteiger partial charge in [-0.3, -0.25) is 14.9 Å². The average molecular weight is 365 g/mol. The Balaban J connectivity index is 1.54. The van der Waals surface area contributed by atoms with Crippen molar-refractivity contribution in [2.45, 2.75) is 6.10 Å². The summed E-state index contributed by atoms with van der Waals surface area (Å²) in [5, 5.41) is 7.97. The SMILES string of the molecule is Cn1cc(C(=O)NNC(=O)N2CCO[C@H](c3ccc(Cl)cc3)C2)nn1. The van der Waals surface area contributed by atoms with Crippen molar-refractivity contribution < 1.29 is 14.3 Å². The minimum atomic E-state index is -0.538. The van der Waals surface area contributed by atoms with Crippen molar-refractivity contribution in [2.24, 2.45) is 7.05 Å². The fourth-order valence-corrected chi connectivity index (χ4v) is 2.54. The van der Waals surface area contributed by atoms with Crippen molar-refractivity contribution in [2.75, 3.05) is 19.7 Å². The monoisotopic (exact) mass is 364 g/mol. The molecule has 1 aliphatic rings. The fraction of sp³-hybridized carbons (Fsp3) is 0.333. The Bertz CT molecular complexity index is 763. The van der Waals surface area contributed by atoms with Gasteiger partial charge in [0.1, 0.15) is 6.10 Å². The van der Waals surface area contributed by atoms with Gasteiger partial charge in [0.25, 0.3) is 5.91 Å². The summed E-state index contributed by atoms with van der Waals surface area (Å²) in [7, 11) is 1.65. The van der Waals surface area contributed by atoms with E-state index in [0.717, 1.165) is 5.56 Å². The van der Waals surface area contributed by atoms with Crippen molar-refractivity contribution in [1.82, 2.24) is 30.7 Å². The number of benzene rings is 1. The lowest BCUT2D eigenvalue weighted by Gasteiger charge is -2.33. The summed E-state index contributed by atoms with van der Waals surface area (Å²) in [5.74, 6) is -0.538. The number of nitrogens with one attached hydrogen (secondary N) is 2. The smallest absolute Gasteiger partial charge is 0.336 e. The molecule has 0 unspecified atom stereocenters. The normalized spacial score (nSPS) is 17.2. The van der Waals surface area contributed by atoms with Crippen LogP contribution in [-0.4, -0.2) is 51.5 Å². The molecule has 0 aliphatic carbocycles. The third-order valence-electron chi connectivity index (χ3n) is 3.71. The number of urea groups is 1. The van der Waals surface area contributed by atoms with E-state index in [-0.39, 0.29) is 11.8 Å². The van der Waals surface area contributed by atoms with Crippen molar-refractivity contribution in [3.63, 3.8) is 0 Å². The summed E-state index contributed by atoms with van der Waals surface area (Å²) in [4.78, 5) is 25.7. The van der Waals surface area contributed by atoms with Crippen LogP contribution in [0.1, 0.15) is 22.2 Å². The molecule has 132 valence electrons.